The number of rotatable bonds is 1. The number of ether oxygens (including phenoxy) is 2. The van der Waals surface area contributed by atoms with Crippen LogP contribution in [0.4, 0.5) is 0 Å². The first-order valence-electron chi connectivity index (χ1n) is 6.58. The molecule has 0 amide bonds. The van der Waals surface area contributed by atoms with Gasteiger partial charge in [0, 0.05) is 12.5 Å². The lowest BCUT2D eigenvalue weighted by atomic mass is 9.61. The fourth-order valence-electron chi connectivity index (χ4n) is 3.37. The molecule has 1 aliphatic heterocycles. The van der Waals surface area contributed by atoms with Gasteiger partial charge in [-0.2, -0.15) is 0 Å². The van der Waals surface area contributed by atoms with Crippen molar-refractivity contribution in [1.82, 2.24) is 0 Å². The molecule has 1 aromatic rings. The molecule has 1 unspecified atom stereocenters. The maximum Gasteiger partial charge on any atom is 0.119 e. The summed E-state index contributed by atoms with van der Waals surface area (Å²) in [4.78, 5) is 0. The summed E-state index contributed by atoms with van der Waals surface area (Å²) in [5.41, 5.74) is 4.21. The zero-order valence-electron chi connectivity index (χ0n) is 11.2. The van der Waals surface area contributed by atoms with Crippen molar-refractivity contribution in [2.24, 2.45) is 11.3 Å². The second kappa shape index (κ2) is 4.13. The highest BCUT2D eigenvalue weighted by atomic mass is 16.5. The molecule has 0 aromatic heterocycles. The number of hydrogen-bond donors (Lipinski definition) is 0. The first kappa shape index (κ1) is 11.8. The highest BCUT2D eigenvalue weighted by molar-refractivity contribution is 5.72. The Morgan fingerprint density at radius 3 is 3.06 bits per heavy atom. The molecule has 96 valence electrons. The fraction of sp³-hybridized carbons (Fsp3) is 0.500. The summed E-state index contributed by atoms with van der Waals surface area (Å²) in [7, 11) is 1.71. The van der Waals surface area contributed by atoms with Crippen LogP contribution >= 0.6 is 0 Å². The van der Waals surface area contributed by atoms with Gasteiger partial charge in [-0.3, -0.25) is 0 Å². The van der Waals surface area contributed by atoms with Crippen LogP contribution in [0.1, 0.15) is 24.5 Å². The SMILES string of the molecule is C=C1c2cc(OC)ccc2C[C@]2(C)CCOCC12. The number of hydrogen-bond acceptors (Lipinski definition) is 2. The van der Waals surface area contributed by atoms with E-state index in [1.165, 1.54) is 16.7 Å². The Kier molecular flexibility index (Phi) is 2.70. The summed E-state index contributed by atoms with van der Waals surface area (Å²) in [6.07, 6.45) is 2.25. The molecule has 2 nitrogen and oxygen atoms in total. The third-order valence-electron chi connectivity index (χ3n) is 4.62. The van der Waals surface area contributed by atoms with Crippen LogP contribution in [-0.2, 0) is 11.2 Å². The van der Waals surface area contributed by atoms with Crippen LogP contribution < -0.4 is 4.74 Å². The van der Waals surface area contributed by atoms with Gasteiger partial charge in [-0.1, -0.05) is 19.6 Å². The minimum absolute atomic E-state index is 0.316. The van der Waals surface area contributed by atoms with Crippen LogP contribution in [0.3, 0.4) is 0 Å². The normalized spacial score (nSPS) is 30.6. The molecule has 1 fully saturated rings. The second-order valence-corrected chi connectivity index (χ2v) is 5.76. The number of methoxy groups -OCH3 is 1. The molecule has 0 radical (unpaired) electrons. The molecule has 1 aliphatic carbocycles. The molecular weight excluding hydrogens is 224 g/mol. The van der Waals surface area contributed by atoms with Crippen molar-refractivity contribution >= 4 is 5.57 Å². The maximum absolute atomic E-state index is 5.65. The van der Waals surface area contributed by atoms with Crippen molar-refractivity contribution in [2.45, 2.75) is 19.8 Å². The summed E-state index contributed by atoms with van der Waals surface area (Å²) in [6.45, 7) is 8.39. The molecule has 3 rings (SSSR count). The maximum atomic E-state index is 5.65. The quantitative estimate of drug-likeness (QED) is 0.754. The Balaban J connectivity index is 2.06. The van der Waals surface area contributed by atoms with E-state index < -0.39 is 0 Å². The Labute approximate surface area is 109 Å². The van der Waals surface area contributed by atoms with Crippen molar-refractivity contribution in [3.63, 3.8) is 0 Å². The highest BCUT2D eigenvalue weighted by Gasteiger charge is 2.43. The topological polar surface area (TPSA) is 18.5 Å². The van der Waals surface area contributed by atoms with Gasteiger partial charge >= 0.3 is 0 Å². The monoisotopic (exact) mass is 244 g/mol. The number of fused-ring (bicyclic) bond motifs is 2. The molecule has 2 heteroatoms. The Morgan fingerprint density at radius 1 is 1.44 bits per heavy atom. The average molecular weight is 244 g/mol. The number of benzene rings is 1. The fourth-order valence-corrected chi connectivity index (χ4v) is 3.37. The predicted molar refractivity (Wildman–Crippen MR) is 72.8 cm³/mol. The molecule has 1 aromatic carbocycles. The second-order valence-electron chi connectivity index (χ2n) is 5.76. The highest BCUT2D eigenvalue weighted by Crippen LogP contribution is 2.50. The molecule has 0 bridgehead atoms. The van der Waals surface area contributed by atoms with E-state index in [1.54, 1.807) is 7.11 Å². The largest absolute Gasteiger partial charge is 0.497 e. The Bertz CT molecular complexity index is 492. The van der Waals surface area contributed by atoms with Gasteiger partial charge in [-0.05, 0) is 47.1 Å². The van der Waals surface area contributed by atoms with E-state index in [0.717, 1.165) is 31.8 Å². The standard InChI is InChI=1S/C16H20O2/c1-11-14-8-13(17-3)5-4-12(14)9-16(2)6-7-18-10-15(11)16/h4-5,8,15H,1,6-7,9-10H2,2-3H3/t15?,16-/m0/s1. The third kappa shape index (κ3) is 1.67. The van der Waals surface area contributed by atoms with Crippen LogP contribution in [0.25, 0.3) is 5.57 Å². The average Bonchev–Trinajstić information content (AvgIpc) is 2.38. The van der Waals surface area contributed by atoms with E-state index in [0.29, 0.717) is 11.3 Å². The smallest absolute Gasteiger partial charge is 0.119 e. The minimum Gasteiger partial charge on any atom is -0.497 e. The predicted octanol–water partition coefficient (Wildman–Crippen LogP) is 3.31. The first-order valence-corrected chi connectivity index (χ1v) is 6.58. The van der Waals surface area contributed by atoms with Crippen LogP contribution in [0.15, 0.2) is 24.8 Å². The van der Waals surface area contributed by atoms with E-state index in [2.05, 4.69) is 31.7 Å². The van der Waals surface area contributed by atoms with Gasteiger partial charge in [-0.25, -0.2) is 0 Å². The lowest BCUT2D eigenvalue weighted by molar-refractivity contribution is -0.0104. The van der Waals surface area contributed by atoms with Crippen molar-refractivity contribution in [1.29, 1.82) is 0 Å². The van der Waals surface area contributed by atoms with E-state index in [9.17, 15) is 0 Å². The molecular formula is C16H20O2. The van der Waals surface area contributed by atoms with Crippen LogP contribution in [0, 0.1) is 11.3 Å². The lowest BCUT2D eigenvalue weighted by Crippen LogP contribution is -2.41. The van der Waals surface area contributed by atoms with Gasteiger partial charge in [0.2, 0.25) is 0 Å². The van der Waals surface area contributed by atoms with Crippen molar-refractivity contribution in [3.8, 4) is 5.75 Å². The van der Waals surface area contributed by atoms with Gasteiger partial charge in [-0.15, -0.1) is 0 Å². The Hall–Kier alpha value is -1.28. The van der Waals surface area contributed by atoms with E-state index >= 15 is 0 Å². The molecule has 1 heterocycles. The van der Waals surface area contributed by atoms with Crippen LogP contribution in [-0.4, -0.2) is 20.3 Å². The van der Waals surface area contributed by atoms with Gasteiger partial charge in [0.1, 0.15) is 5.75 Å². The summed E-state index contributed by atoms with van der Waals surface area (Å²) < 4.78 is 11.0. The zero-order valence-corrected chi connectivity index (χ0v) is 11.2. The summed E-state index contributed by atoms with van der Waals surface area (Å²) in [5.74, 6) is 1.36. The summed E-state index contributed by atoms with van der Waals surface area (Å²) in [6, 6.07) is 6.36. The van der Waals surface area contributed by atoms with Crippen LogP contribution in [0.5, 0.6) is 5.75 Å². The van der Waals surface area contributed by atoms with E-state index in [4.69, 9.17) is 9.47 Å². The summed E-state index contributed by atoms with van der Waals surface area (Å²) in [5, 5.41) is 0. The summed E-state index contributed by atoms with van der Waals surface area (Å²) >= 11 is 0. The van der Waals surface area contributed by atoms with Gasteiger partial charge in [0.25, 0.3) is 0 Å². The molecule has 0 saturated carbocycles. The zero-order chi connectivity index (χ0) is 12.8. The molecule has 18 heavy (non-hydrogen) atoms. The Morgan fingerprint density at radius 2 is 2.28 bits per heavy atom. The van der Waals surface area contributed by atoms with Crippen molar-refractivity contribution in [2.75, 3.05) is 20.3 Å². The first-order chi connectivity index (χ1) is 8.64. The van der Waals surface area contributed by atoms with E-state index in [1.807, 2.05) is 0 Å². The van der Waals surface area contributed by atoms with Gasteiger partial charge in [0.15, 0.2) is 0 Å². The van der Waals surface area contributed by atoms with Crippen molar-refractivity contribution in [3.05, 3.63) is 35.9 Å². The lowest BCUT2D eigenvalue weighted by Gasteiger charge is -2.46. The molecule has 2 atom stereocenters. The third-order valence-corrected chi connectivity index (χ3v) is 4.62. The molecule has 0 N–H and O–H groups in total. The van der Waals surface area contributed by atoms with Crippen LogP contribution in [0.2, 0.25) is 0 Å². The molecule has 1 saturated heterocycles. The van der Waals surface area contributed by atoms with Gasteiger partial charge in [0.05, 0.1) is 13.7 Å². The van der Waals surface area contributed by atoms with Crippen molar-refractivity contribution < 1.29 is 9.47 Å². The van der Waals surface area contributed by atoms with E-state index in [-0.39, 0.29) is 0 Å². The minimum atomic E-state index is 0.316. The molecule has 0 spiro atoms. The molecule has 2 aliphatic rings. The van der Waals surface area contributed by atoms with Gasteiger partial charge < -0.3 is 9.47 Å².